The summed E-state index contributed by atoms with van der Waals surface area (Å²) >= 11 is 0. The molecule has 3 heteroatoms. The number of carbonyl (C=O) groups is 1. The summed E-state index contributed by atoms with van der Waals surface area (Å²) in [6.07, 6.45) is 4.07. The minimum Gasteiger partial charge on any atom is -0.352 e. The van der Waals surface area contributed by atoms with E-state index in [4.69, 9.17) is 0 Å². The average Bonchev–Trinajstić information content (AvgIpc) is 2.85. The fourth-order valence-electron chi connectivity index (χ4n) is 2.71. The molecule has 0 unspecified atom stereocenters. The maximum atomic E-state index is 11.8. The van der Waals surface area contributed by atoms with E-state index in [9.17, 15) is 4.79 Å². The van der Waals surface area contributed by atoms with E-state index >= 15 is 0 Å². The standard InChI is InChI=1S/C16H24N2O/c1-3-14(4-2)18-16(19)11-17-15-9-12-7-5-6-8-13(12)10-15/h5-8,14-15,17H,3-4,9-11H2,1-2H3,(H,18,19). The van der Waals surface area contributed by atoms with Crippen molar-refractivity contribution in [1.82, 2.24) is 10.6 Å². The van der Waals surface area contributed by atoms with E-state index in [1.807, 2.05) is 0 Å². The van der Waals surface area contributed by atoms with Crippen molar-refractivity contribution in [2.75, 3.05) is 6.54 Å². The van der Waals surface area contributed by atoms with Gasteiger partial charge in [-0.15, -0.1) is 0 Å². The molecule has 0 saturated heterocycles. The molecule has 19 heavy (non-hydrogen) atoms. The molecule has 1 amide bonds. The Kier molecular flexibility index (Phi) is 4.97. The highest BCUT2D eigenvalue weighted by atomic mass is 16.1. The Morgan fingerprint density at radius 1 is 1.21 bits per heavy atom. The molecular weight excluding hydrogens is 236 g/mol. The summed E-state index contributed by atoms with van der Waals surface area (Å²) in [5, 5.41) is 6.43. The lowest BCUT2D eigenvalue weighted by atomic mass is 10.1. The first-order valence-electron chi connectivity index (χ1n) is 7.32. The third kappa shape index (κ3) is 3.80. The fourth-order valence-corrected chi connectivity index (χ4v) is 2.71. The second kappa shape index (κ2) is 6.71. The van der Waals surface area contributed by atoms with Gasteiger partial charge in [0.15, 0.2) is 0 Å². The van der Waals surface area contributed by atoms with Gasteiger partial charge in [-0.3, -0.25) is 4.79 Å². The first kappa shape index (κ1) is 14.1. The molecule has 0 radical (unpaired) electrons. The molecule has 0 spiro atoms. The van der Waals surface area contributed by atoms with Crippen LogP contribution in [-0.4, -0.2) is 24.5 Å². The van der Waals surface area contributed by atoms with Crippen LogP contribution < -0.4 is 10.6 Å². The summed E-state index contributed by atoms with van der Waals surface area (Å²) in [5.41, 5.74) is 2.83. The maximum Gasteiger partial charge on any atom is 0.234 e. The van der Waals surface area contributed by atoms with E-state index in [-0.39, 0.29) is 5.91 Å². The summed E-state index contributed by atoms with van der Waals surface area (Å²) in [7, 11) is 0. The monoisotopic (exact) mass is 260 g/mol. The predicted molar refractivity (Wildman–Crippen MR) is 78.2 cm³/mol. The Morgan fingerprint density at radius 2 is 1.79 bits per heavy atom. The van der Waals surface area contributed by atoms with Crippen LogP contribution >= 0.6 is 0 Å². The van der Waals surface area contributed by atoms with Crippen LogP contribution in [0.4, 0.5) is 0 Å². The van der Waals surface area contributed by atoms with Crippen molar-refractivity contribution < 1.29 is 4.79 Å². The van der Waals surface area contributed by atoms with Gasteiger partial charge < -0.3 is 10.6 Å². The van der Waals surface area contributed by atoms with Gasteiger partial charge >= 0.3 is 0 Å². The van der Waals surface area contributed by atoms with Crippen LogP contribution in [0.2, 0.25) is 0 Å². The summed E-state index contributed by atoms with van der Waals surface area (Å²) in [6.45, 7) is 4.64. The van der Waals surface area contributed by atoms with E-state index in [2.05, 4.69) is 48.7 Å². The Labute approximate surface area is 115 Å². The molecular formula is C16H24N2O. The van der Waals surface area contributed by atoms with Crippen molar-refractivity contribution in [3.8, 4) is 0 Å². The Balaban J connectivity index is 1.74. The van der Waals surface area contributed by atoms with Gasteiger partial charge in [0.05, 0.1) is 6.54 Å². The summed E-state index contributed by atoms with van der Waals surface area (Å²) in [6, 6.07) is 9.25. The second-order valence-corrected chi connectivity index (χ2v) is 5.34. The van der Waals surface area contributed by atoms with Crippen LogP contribution in [-0.2, 0) is 17.6 Å². The van der Waals surface area contributed by atoms with Crippen LogP contribution in [0.3, 0.4) is 0 Å². The molecule has 1 aliphatic rings. The first-order chi connectivity index (χ1) is 9.22. The summed E-state index contributed by atoms with van der Waals surface area (Å²) in [4.78, 5) is 11.8. The molecule has 0 bridgehead atoms. The topological polar surface area (TPSA) is 41.1 Å². The molecule has 1 aliphatic carbocycles. The summed E-state index contributed by atoms with van der Waals surface area (Å²) in [5.74, 6) is 0.115. The second-order valence-electron chi connectivity index (χ2n) is 5.34. The molecule has 0 aromatic heterocycles. The number of nitrogens with one attached hydrogen (secondary N) is 2. The summed E-state index contributed by atoms with van der Waals surface area (Å²) < 4.78 is 0. The third-order valence-electron chi connectivity index (χ3n) is 3.95. The molecule has 1 aromatic rings. The highest BCUT2D eigenvalue weighted by molar-refractivity contribution is 5.78. The number of fused-ring (bicyclic) bond motifs is 1. The van der Waals surface area contributed by atoms with E-state index in [1.54, 1.807) is 0 Å². The van der Waals surface area contributed by atoms with Gasteiger partial charge in [-0.1, -0.05) is 38.1 Å². The highest BCUT2D eigenvalue weighted by Gasteiger charge is 2.21. The van der Waals surface area contributed by atoms with Gasteiger partial charge in [0.1, 0.15) is 0 Å². The molecule has 0 fully saturated rings. The Bertz CT molecular complexity index is 402. The van der Waals surface area contributed by atoms with Crippen LogP contribution in [0.15, 0.2) is 24.3 Å². The normalized spacial score (nSPS) is 14.7. The van der Waals surface area contributed by atoms with Crippen LogP contribution in [0, 0.1) is 0 Å². The molecule has 1 aromatic carbocycles. The predicted octanol–water partition coefficient (Wildman–Crippen LogP) is 2.05. The smallest absolute Gasteiger partial charge is 0.234 e. The molecule has 2 rings (SSSR count). The van der Waals surface area contributed by atoms with Crippen molar-refractivity contribution in [3.05, 3.63) is 35.4 Å². The average molecular weight is 260 g/mol. The molecule has 104 valence electrons. The van der Waals surface area contributed by atoms with Gasteiger partial charge in [-0.05, 0) is 36.8 Å². The highest BCUT2D eigenvalue weighted by Crippen LogP contribution is 2.21. The van der Waals surface area contributed by atoms with E-state index in [0.717, 1.165) is 25.7 Å². The minimum absolute atomic E-state index is 0.115. The van der Waals surface area contributed by atoms with Gasteiger partial charge in [-0.25, -0.2) is 0 Å². The number of benzene rings is 1. The van der Waals surface area contributed by atoms with Crippen molar-refractivity contribution in [3.63, 3.8) is 0 Å². The largest absolute Gasteiger partial charge is 0.352 e. The van der Waals surface area contributed by atoms with E-state index in [1.165, 1.54) is 11.1 Å². The van der Waals surface area contributed by atoms with Gasteiger partial charge in [0.25, 0.3) is 0 Å². The van der Waals surface area contributed by atoms with E-state index < -0.39 is 0 Å². The Hall–Kier alpha value is -1.35. The number of hydrogen-bond acceptors (Lipinski definition) is 2. The third-order valence-corrected chi connectivity index (χ3v) is 3.95. The lowest BCUT2D eigenvalue weighted by Gasteiger charge is -2.16. The molecule has 3 nitrogen and oxygen atoms in total. The van der Waals surface area contributed by atoms with Crippen molar-refractivity contribution in [2.45, 2.75) is 51.6 Å². The maximum absolute atomic E-state index is 11.8. The molecule has 2 N–H and O–H groups in total. The fraction of sp³-hybridized carbons (Fsp3) is 0.562. The zero-order valence-corrected chi connectivity index (χ0v) is 11.9. The van der Waals surface area contributed by atoms with Crippen molar-refractivity contribution in [2.24, 2.45) is 0 Å². The zero-order valence-electron chi connectivity index (χ0n) is 11.9. The van der Waals surface area contributed by atoms with Crippen LogP contribution in [0.5, 0.6) is 0 Å². The Morgan fingerprint density at radius 3 is 2.32 bits per heavy atom. The van der Waals surface area contributed by atoms with Crippen molar-refractivity contribution in [1.29, 1.82) is 0 Å². The van der Waals surface area contributed by atoms with Gasteiger partial charge in [0.2, 0.25) is 5.91 Å². The molecule has 0 heterocycles. The SMILES string of the molecule is CCC(CC)NC(=O)CNC1Cc2ccccc2C1. The lowest BCUT2D eigenvalue weighted by molar-refractivity contribution is -0.121. The quantitative estimate of drug-likeness (QED) is 0.822. The van der Waals surface area contributed by atoms with Gasteiger partial charge in [-0.2, -0.15) is 0 Å². The first-order valence-corrected chi connectivity index (χ1v) is 7.32. The molecule has 0 aliphatic heterocycles. The number of carbonyl (C=O) groups excluding carboxylic acids is 1. The van der Waals surface area contributed by atoms with Crippen LogP contribution in [0.1, 0.15) is 37.8 Å². The van der Waals surface area contributed by atoms with Crippen LogP contribution in [0.25, 0.3) is 0 Å². The molecule has 0 saturated carbocycles. The zero-order chi connectivity index (χ0) is 13.7. The van der Waals surface area contributed by atoms with E-state index in [0.29, 0.717) is 18.6 Å². The minimum atomic E-state index is 0.115. The van der Waals surface area contributed by atoms with Crippen molar-refractivity contribution >= 4 is 5.91 Å². The lowest BCUT2D eigenvalue weighted by Crippen LogP contribution is -2.43. The number of amides is 1. The van der Waals surface area contributed by atoms with Gasteiger partial charge in [0, 0.05) is 12.1 Å². The number of rotatable bonds is 6. The number of hydrogen-bond donors (Lipinski definition) is 2. The molecule has 0 atom stereocenters.